The minimum absolute atomic E-state index is 0.111. The normalized spacial score (nSPS) is 16.9. The SMILES string of the molecule is COc1cc(/C=C2\SC(=S)N(CCCc3nn[nH]n3)C2=O)cc(-c2ccc3ccccc3c2)c1OCCN1CCOCC1. The van der Waals surface area contributed by atoms with Gasteiger partial charge in [0.05, 0.1) is 25.2 Å². The number of amides is 1. The zero-order valence-electron chi connectivity index (χ0n) is 23.8. The Hall–Kier alpha value is -3.84. The predicted octanol–water partition coefficient (Wildman–Crippen LogP) is 4.57. The fourth-order valence-corrected chi connectivity index (χ4v) is 6.52. The third-order valence-corrected chi connectivity index (χ3v) is 8.84. The molecule has 1 N–H and O–H groups in total. The lowest BCUT2D eigenvalue weighted by molar-refractivity contribution is -0.122. The van der Waals surface area contributed by atoms with Crippen molar-refractivity contribution < 1.29 is 19.0 Å². The van der Waals surface area contributed by atoms with Crippen molar-refractivity contribution in [1.29, 1.82) is 0 Å². The fourth-order valence-electron chi connectivity index (χ4n) is 5.21. The van der Waals surface area contributed by atoms with E-state index < -0.39 is 0 Å². The van der Waals surface area contributed by atoms with Gasteiger partial charge in [0.15, 0.2) is 17.3 Å². The molecule has 43 heavy (non-hydrogen) atoms. The molecule has 10 nitrogen and oxygen atoms in total. The third kappa shape index (κ3) is 6.88. The number of fused-ring (bicyclic) bond motifs is 1. The Morgan fingerprint density at radius 2 is 1.93 bits per heavy atom. The number of carbonyl (C=O) groups is 1. The first kappa shape index (κ1) is 29.2. The smallest absolute Gasteiger partial charge is 0.266 e. The highest BCUT2D eigenvalue weighted by Gasteiger charge is 2.32. The van der Waals surface area contributed by atoms with Crippen LogP contribution < -0.4 is 9.47 Å². The van der Waals surface area contributed by atoms with Gasteiger partial charge in [-0.15, -0.1) is 10.2 Å². The number of nitrogens with zero attached hydrogens (tertiary/aromatic N) is 5. The number of ether oxygens (including phenoxy) is 3. The Morgan fingerprint density at radius 3 is 2.72 bits per heavy atom. The number of rotatable bonds is 11. The number of morpholine rings is 1. The van der Waals surface area contributed by atoms with Crippen LogP contribution in [-0.2, 0) is 16.0 Å². The van der Waals surface area contributed by atoms with Crippen molar-refractivity contribution in [3.63, 3.8) is 0 Å². The molecule has 222 valence electrons. The maximum Gasteiger partial charge on any atom is 0.266 e. The van der Waals surface area contributed by atoms with E-state index >= 15 is 0 Å². The summed E-state index contributed by atoms with van der Waals surface area (Å²) in [5.41, 5.74) is 2.73. The first-order valence-electron chi connectivity index (χ1n) is 14.2. The largest absolute Gasteiger partial charge is 0.493 e. The first-order chi connectivity index (χ1) is 21.1. The molecular formula is C31H32N6O4S2. The molecule has 0 aliphatic carbocycles. The van der Waals surface area contributed by atoms with Gasteiger partial charge in [-0.1, -0.05) is 65.6 Å². The van der Waals surface area contributed by atoms with E-state index in [1.165, 1.54) is 11.8 Å². The monoisotopic (exact) mass is 616 g/mol. The molecule has 2 fully saturated rings. The molecular weight excluding hydrogens is 585 g/mol. The van der Waals surface area contributed by atoms with Crippen LogP contribution >= 0.6 is 24.0 Å². The van der Waals surface area contributed by atoms with Crippen molar-refractivity contribution in [2.45, 2.75) is 12.8 Å². The van der Waals surface area contributed by atoms with Gasteiger partial charge in [-0.3, -0.25) is 14.6 Å². The van der Waals surface area contributed by atoms with Crippen molar-refractivity contribution in [3.05, 3.63) is 70.9 Å². The van der Waals surface area contributed by atoms with Crippen LogP contribution in [0.15, 0.2) is 59.5 Å². The molecule has 2 aliphatic rings. The van der Waals surface area contributed by atoms with Gasteiger partial charge in [0.25, 0.3) is 5.91 Å². The van der Waals surface area contributed by atoms with Gasteiger partial charge >= 0.3 is 0 Å². The van der Waals surface area contributed by atoms with E-state index in [1.807, 2.05) is 24.3 Å². The summed E-state index contributed by atoms with van der Waals surface area (Å²) in [6.45, 7) is 5.06. The second-order valence-electron chi connectivity index (χ2n) is 10.2. The summed E-state index contributed by atoms with van der Waals surface area (Å²) < 4.78 is 18.3. The second kappa shape index (κ2) is 13.6. The molecule has 3 aromatic carbocycles. The van der Waals surface area contributed by atoms with Crippen LogP contribution in [0.25, 0.3) is 28.0 Å². The molecule has 0 atom stereocenters. The average Bonchev–Trinajstić information content (AvgIpc) is 3.65. The summed E-state index contributed by atoms with van der Waals surface area (Å²) in [6, 6.07) is 18.6. The molecule has 3 heterocycles. The summed E-state index contributed by atoms with van der Waals surface area (Å²) >= 11 is 6.87. The second-order valence-corrected chi connectivity index (χ2v) is 11.9. The Labute approximate surface area is 259 Å². The molecule has 6 rings (SSSR count). The number of tetrazole rings is 1. The molecule has 2 saturated heterocycles. The third-order valence-electron chi connectivity index (χ3n) is 7.46. The summed E-state index contributed by atoms with van der Waals surface area (Å²) in [7, 11) is 1.64. The zero-order chi connectivity index (χ0) is 29.6. The summed E-state index contributed by atoms with van der Waals surface area (Å²) in [5.74, 6) is 1.79. The Balaban J connectivity index is 1.28. The lowest BCUT2D eigenvalue weighted by atomic mass is 9.98. The molecule has 0 radical (unpaired) electrons. The molecule has 0 bridgehead atoms. The van der Waals surface area contributed by atoms with Crippen LogP contribution in [0.2, 0.25) is 0 Å². The van der Waals surface area contributed by atoms with Gasteiger partial charge < -0.3 is 14.2 Å². The van der Waals surface area contributed by atoms with Crippen molar-refractivity contribution in [1.82, 2.24) is 30.4 Å². The highest BCUT2D eigenvalue weighted by Crippen LogP contribution is 2.42. The molecule has 12 heteroatoms. The van der Waals surface area contributed by atoms with Crippen LogP contribution in [0.3, 0.4) is 0 Å². The maximum atomic E-state index is 13.4. The van der Waals surface area contributed by atoms with Crippen molar-refractivity contribution >= 4 is 51.1 Å². The number of aromatic amines is 1. The molecule has 0 saturated carbocycles. The van der Waals surface area contributed by atoms with Crippen LogP contribution in [0, 0.1) is 0 Å². The summed E-state index contributed by atoms with van der Waals surface area (Å²) in [4.78, 5) is 17.9. The number of aryl methyl sites for hydroxylation is 1. The predicted molar refractivity (Wildman–Crippen MR) is 171 cm³/mol. The van der Waals surface area contributed by atoms with Crippen molar-refractivity contribution in [2.24, 2.45) is 0 Å². The highest BCUT2D eigenvalue weighted by atomic mass is 32.2. The molecule has 0 unspecified atom stereocenters. The Kier molecular flexibility index (Phi) is 9.27. The first-order valence-corrected chi connectivity index (χ1v) is 15.4. The molecule has 0 spiro atoms. The Bertz CT molecular complexity index is 1640. The van der Waals surface area contributed by atoms with E-state index in [1.54, 1.807) is 12.0 Å². The van der Waals surface area contributed by atoms with Gasteiger partial charge in [-0.2, -0.15) is 5.21 Å². The van der Waals surface area contributed by atoms with Crippen LogP contribution in [0.5, 0.6) is 11.5 Å². The zero-order valence-corrected chi connectivity index (χ0v) is 25.5. The van der Waals surface area contributed by atoms with Crippen molar-refractivity contribution in [2.75, 3.05) is 53.1 Å². The number of hydrogen-bond acceptors (Lipinski definition) is 10. The standard InChI is InChI=1S/C31H32N6O4S2/c1-39-26-18-21(19-27-30(38)37(31(42)43-27)10-4-7-28-32-34-35-33-28)17-25(24-9-8-22-5-2-3-6-23(22)20-24)29(26)41-16-13-36-11-14-40-15-12-36/h2-3,5-6,8-9,17-20H,4,7,10-16H2,1H3,(H,32,33,34,35)/b27-19-. The van der Waals surface area contributed by atoms with Gasteiger partial charge in [-0.25, -0.2) is 0 Å². The van der Waals surface area contributed by atoms with Crippen LogP contribution in [-0.4, -0.2) is 93.8 Å². The number of thiocarbonyl (C=S) groups is 1. The molecule has 2 aliphatic heterocycles. The van der Waals surface area contributed by atoms with Gasteiger partial charge in [0.2, 0.25) is 0 Å². The lowest BCUT2D eigenvalue weighted by Gasteiger charge is -2.26. The van der Waals surface area contributed by atoms with E-state index in [9.17, 15) is 4.79 Å². The fraction of sp³-hybridized carbons (Fsp3) is 0.323. The minimum Gasteiger partial charge on any atom is -0.493 e. The number of benzene rings is 3. The number of carbonyl (C=O) groups excluding carboxylic acids is 1. The summed E-state index contributed by atoms with van der Waals surface area (Å²) in [5, 5.41) is 16.3. The number of aromatic nitrogens is 4. The van der Waals surface area contributed by atoms with Crippen LogP contribution in [0.1, 0.15) is 17.8 Å². The number of H-pyrrole nitrogens is 1. The van der Waals surface area contributed by atoms with E-state index in [4.69, 9.17) is 26.4 Å². The van der Waals surface area contributed by atoms with Crippen LogP contribution in [0.4, 0.5) is 0 Å². The van der Waals surface area contributed by atoms with E-state index in [2.05, 4.69) is 61.9 Å². The topological polar surface area (TPSA) is 106 Å². The minimum atomic E-state index is -0.111. The van der Waals surface area contributed by atoms with Gasteiger partial charge in [0, 0.05) is 38.2 Å². The van der Waals surface area contributed by atoms with E-state index in [0.29, 0.717) is 52.5 Å². The number of methoxy groups -OCH3 is 1. The van der Waals surface area contributed by atoms with Gasteiger partial charge in [-0.05, 0) is 52.6 Å². The molecule has 1 amide bonds. The quantitative estimate of drug-likeness (QED) is 0.190. The van der Waals surface area contributed by atoms with E-state index in [0.717, 1.165) is 60.3 Å². The summed E-state index contributed by atoms with van der Waals surface area (Å²) in [6.07, 6.45) is 3.16. The Morgan fingerprint density at radius 1 is 1.09 bits per heavy atom. The number of nitrogens with one attached hydrogen (secondary N) is 1. The lowest BCUT2D eigenvalue weighted by Crippen LogP contribution is -2.38. The molecule has 4 aromatic rings. The average molecular weight is 617 g/mol. The van der Waals surface area contributed by atoms with E-state index in [-0.39, 0.29) is 5.91 Å². The highest BCUT2D eigenvalue weighted by molar-refractivity contribution is 8.26. The maximum absolute atomic E-state index is 13.4. The van der Waals surface area contributed by atoms with Crippen molar-refractivity contribution in [3.8, 4) is 22.6 Å². The molecule has 1 aromatic heterocycles. The number of thioether (sulfide) groups is 1. The number of hydrogen-bond donors (Lipinski definition) is 1. The van der Waals surface area contributed by atoms with Gasteiger partial charge in [0.1, 0.15) is 10.9 Å².